The van der Waals surface area contributed by atoms with Crippen LogP contribution in [-0.2, 0) is 0 Å². The van der Waals surface area contributed by atoms with E-state index in [1.54, 1.807) is 16.7 Å². The Morgan fingerprint density at radius 3 is 2.37 bits per heavy atom. The van der Waals surface area contributed by atoms with Crippen LogP contribution in [0.1, 0.15) is 29.9 Å². The number of aryl methyl sites for hydroxylation is 1. The molecule has 0 unspecified atom stereocenters. The Bertz CT molecular complexity index is 925. The highest BCUT2D eigenvalue weighted by molar-refractivity contribution is 5.94. The molecule has 0 N–H and O–H groups in total. The van der Waals surface area contributed by atoms with Gasteiger partial charge in [-0.25, -0.2) is 4.68 Å². The number of carbonyl (C=O) groups is 1. The van der Waals surface area contributed by atoms with Crippen molar-refractivity contribution in [1.29, 1.82) is 0 Å². The van der Waals surface area contributed by atoms with Crippen molar-refractivity contribution in [2.24, 2.45) is 0 Å². The first-order chi connectivity index (χ1) is 13.1. The van der Waals surface area contributed by atoms with Crippen LogP contribution in [0.3, 0.4) is 0 Å². The molecule has 0 bridgehead atoms. The average molecular weight is 363 g/mol. The van der Waals surface area contributed by atoms with Crippen molar-refractivity contribution in [1.82, 2.24) is 14.7 Å². The molecule has 0 saturated heterocycles. The van der Waals surface area contributed by atoms with Gasteiger partial charge in [-0.05, 0) is 68.8 Å². The molecule has 1 amide bonds. The van der Waals surface area contributed by atoms with Gasteiger partial charge < -0.3 is 9.64 Å². The van der Waals surface area contributed by atoms with Crippen LogP contribution in [0.2, 0.25) is 0 Å². The molecule has 0 aliphatic carbocycles. The number of amides is 1. The maximum Gasteiger partial charge on any atom is 0.272 e. The van der Waals surface area contributed by atoms with Crippen LogP contribution < -0.4 is 4.74 Å². The fourth-order valence-corrected chi connectivity index (χ4v) is 3.07. The molecule has 2 aromatic carbocycles. The van der Waals surface area contributed by atoms with Gasteiger partial charge in [-0.1, -0.05) is 12.1 Å². The summed E-state index contributed by atoms with van der Waals surface area (Å²) in [6, 6.07) is 17.6. The third-order valence-electron chi connectivity index (χ3n) is 4.61. The summed E-state index contributed by atoms with van der Waals surface area (Å²) in [5.74, 6) is 0.769. The monoisotopic (exact) mass is 363 g/mol. The van der Waals surface area contributed by atoms with E-state index in [9.17, 15) is 4.79 Å². The zero-order valence-corrected chi connectivity index (χ0v) is 16.3. The topological polar surface area (TPSA) is 47.4 Å². The molecular weight excluding hydrogens is 338 g/mol. The van der Waals surface area contributed by atoms with Gasteiger partial charge in [-0.3, -0.25) is 4.79 Å². The van der Waals surface area contributed by atoms with Crippen molar-refractivity contribution in [2.75, 3.05) is 20.2 Å². The maximum absolute atomic E-state index is 13.1. The number of methoxy groups -OCH3 is 1. The van der Waals surface area contributed by atoms with Gasteiger partial charge in [-0.2, -0.15) is 5.10 Å². The first-order valence-electron chi connectivity index (χ1n) is 9.18. The lowest BCUT2D eigenvalue weighted by Crippen LogP contribution is -2.32. The van der Waals surface area contributed by atoms with Gasteiger partial charge in [0, 0.05) is 18.7 Å². The van der Waals surface area contributed by atoms with Gasteiger partial charge in [0.05, 0.1) is 18.5 Å². The Labute approximate surface area is 160 Å². The Hall–Kier alpha value is -3.08. The Kier molecular flexibility index (Phi) is 5.60. The van der Waals surface area contributed by atoms with Crippen LogP contribution in [0.25, 0.3) is 16.9 Å². The summed E-state index contributed by atoms with van der Waals surface area (Å²) in [5, 5.41) is 4.75. The summed E-state index contributed by atoms with van der Waals surface area (Å²) in [5.41, 5.74) is 4.26. The summed E-state index contributed by atoms with van der Waals surface area (Å²) >= 11 is 0. The second kappa shape index (κ2) is 8.08. The predicted molar refractivity (Wildman–Crippen MR) is 108 cm³/mol. The number of aromatic nitrogens is 2. The minimum atomic E-state index is -0.0197. The lowest BCUT2D eigenvalue weighted by atomic mass is 10.1. The molecule has 0 spiro atoms. The van der Waals surface area contributed by atoms with Crippen molar-refractivity contribution in [3.8, 4) is 22.7 Å². The van der Waals surface area contributed by atoms with Crippen molar-refractivity contribution in [2.45, 2.75) is 20.8 Å². The lowest BCUT2D eigenvalue weighted by Gasteiger charge is -2.19. The van der Waals surface area contributed by atoms with Crippen LogP contribution in [0.4, 0.5) is 0 Å². The van der Waals surface area contributed by atoms with Crippen LogP contribution >= 0.6 is 0 Å². The molecule has 0 saturated carbocycles. The summed E-state index contributed by atoms with van der Waals surface area (Å²) in [6.45, 7) is 7.32. The molecule has 1 heterocycles. The van der Waals surface area contributed by atoms with E-state index >= 15 is 0 Å². The number of nitrogens with zero attached hydrogens (tertiary/aromatic N) is 3. The zero-order chi connectivity index (χ0) is 19.4. The van der Waals surface area contributed by atoms with E-state index in [4.69, 9.17) is 9.84 Å². The largest absolute Gasteiger partial charge is 0.497 e. The Morgan fingerprint density at radius 1 is 1.07 bits per heavy atom. The van der Waals surface area contributed by atoms with E-state index in [0.29, 0.717) is 18.8 Å². The molecule has 3 rings (SSSR count). The van der Waals surface area contributed by atoms with Crippen molar-refractivity contribution >= 4 is 5.91 Å². The number of carbonyl (C=O) groups excluding carboxylic acids is 1. The number of hydrogen-bond donors (Lipinski definition) is 0. The van der Waals surface area contributed by atoms with Crippen LogP contribution in [0.15, 0.2) is 54.6 Å². The Balaban J connectivity index is 2.11. The van der Waals surface area contributed by atoms with Gasteiger partial charge in [0.15, 0.2) is 0 Å². The highest BCUT2D eigenvalue weighted by Gasteiger charge is 2.21. The smallest absolute Gasteiger partial charge is 0.272 e. The van der Waals surface area contributed by atoms with Crippen molar-refractivity contribution in [3.05, 3.63) is 65.9 Å². The van der Waals surface area contributed by atoms with Gasteiger partial charge in [0.25, 0.3) is 5.91 Å². The molecule has 1 aromatic heterocycles. The zero-order valence-electron chi connectivity index (χ0n) is 16.3. The van der Waals surface area contributed by atoms with Gasteiger partial charge in [0.2, 0.25) is 0 Å². The van der Waals surface area contributed by atoms with Crippen LogP contribution in [-0.4, -0.2) is 40.8 Å². The quantitative estimate of drug-likeness (QED) is 0.654. The second-order valence-electron chi connectivity index (χ2n) is 6.37. The second-order valence-corrected chi connectivity index (χ2v) is 6.37. The van der Waals surface area contributed by atoms with E-state index in [0.717, 1.165) is 28.3 Å². The normalized spacial score (nSPS) is 10.7. The molecule has 0 aliphatic heterocycles. The van der Waals surface area contributed by atoms with Gasteiger partial charge in [0.1, 0.15) is 11.4 Å². The summed E-state index contributed by atoms with van der Waals surface area (Å²) in [6.07, 6.45) is 0. The van der Waals surface area contributed by atoms with Crippen LogP contribution in [0, 0.1) is 6.92 Å². The number of rotatable bonds is 6. The minimum absolute atomic E-state index is 0.0197. The maximum atomic E-state index is 13.1. The molecule has 3 aromatic rings. The SMILES string of the molecule is CCN(CC)C(=O)c1cc(-c2ccc(OC)cc2)nn1-c1cccc(C)c1. The molecule has 5 nitrogen and oxygen atoms in total. The lowest BCUT2D eigenvalue weighted by molar-refractivity contribution is 0.0764. The average Bonchev–Trinajstić information content (AvgIpc) is 3.14. The number of ether oxygens (including phenoxy) is 1. The predicted octanol–water partition coefficient (Wildman–Crippen LogP) is 4.34. The summed E-state index contributed by atoms with van der Waals surface area (Å²) in [7, 11) is 1.64. The van der Waals surface area contributed by atoms with Crippen molar-refractivity contribution in [3.63, 3.8) is 0 Å². The molecule has 0 aliphatic rings. The third-order valence-corrected chi connectivity index (χ3v) is 4.61. The van der Waals surface area contributed by atoms with E-state index < -0.39 is 0 Å². The molecule has 27 heavy (non-hydrogen) atoms. The third kappa shape index (κ3) is 3.87. The molecule has 5 heteroatoms. The number of hydrogen-bond acceptors (Lipinski definition) is 3. The summed E-state index contributed by atoms with van der Waals surface area (Å²) in [4.78, 5) is 14.9. The fourth-order valence-electron chi connectivity index (χ4n) is 3.07. The minimum Gasteiger partial charge on any atom is -0.497 e. The highest BCUT2D eigenvalue weighted by Crippen LogP contribution is 2.25. The van der Waals surface area contributed by atoms with Crippen molar-refractivity contribution < 1.29 is 9.53 Å². The first kappa shape index (κ1) is 18.7. The molecule has 0 radical (unpaired) electrons. The Morgan fingerprint density at radius 2 is 1.78 bits per heavy atom. The van der Waals surface area contributed by atoms with E-state index in [1.165, 1.54) is 0 Å². The molecule has 0 atom stereocenters. The van der Waals surface area contributed by atoms with Gasteiger partial charge >= 0.3 is 0 Å². The first-order valence-corrected chi connectivity index (χ1v) is 9.18. The summed E-state index contributed by atoms with van der Waals surface area (Å²) < 4.78 is 6.97. The standard InChI is InChI=1S/C22H25N3O2/c1-5-24(6-2)22(26)21-15-20(17-10-12-19(27-4)13-11-17)23-25(21)18-9-7-8-16(3)14-18/h7-15H,5-6H2,1-4H3. The van der Waals surface area contributed by atoms with Crippen LogP contribution in [0.5, 0.6) is 5.75 Å². The van der Waals surface area contributed by atoms with E-state index in [1.807, 2.05) is 75.4 Å². The molecular formula is C22H25N3O2. The fraction of sp³-hybridized carbons (Fsp3) is 0.273. The molecule has 0 fully saturated rings. The number of benzene rings is 2. The highest BCUT2D eigenvalue weighted by atomic mass is 16.5. The van der Waals surface area contributed by atoms with E-state index in [2.05, 4.69) is 0 Å². The molecule has 140 valence electrons. The van der Waals surface area contributed by atoms with Gasteiger partial charge in [-0.15, -0.1) is 0 Å². The van der Waals surface area contributed by atoms with E-state index in [-0.39, 0.29) is 5.91 Å².